The molecule has 1 aliphatic heterocycles. The van der Waals surface area contributed by atoms with Gasteiger partial charge in [-0.05, 0) is 43.9 Å². The van der Waals surface area contributed by atoms with Gasteiger partial charge in [0.25, 0.3) is 0 Å². The predicted molar refractivity (Wildman–Crippen MR) is 84.0 cm³/mol. The molecule has 1 aromatic rings. The van der Waals surface area contributed by atoms with Gasteiger partial charge in [0.15, 0.2) is 5.78 Å². The van der Waals surface area contributed by atoms with E-state index in [1.165, 1.54) is 25.7 Å². The third kappa shape index (κ3) is 3.59. The first-order chi connectivity index (χ1) is 9.11. The normalized spacial score (nSPS) is 16.7. The maximum Gasteiger partial charge on any atom is 0.161 e. The lowest BCUT2D eigenvalue weighted by molar-refractivity contribution is 0.101. The van der Waals surface area contributed by atoms with E-state index in [2.05, 4.69) is 33.8 Å². The molecule has 1 fully saturated rings. The van der Waals surface area contributed by atoms with Gasteiger partial charge in [0.05, 0.1) is 0 Å². The number of ketones is 1. The molecule has 0 unspecified atom stereocenters. The van der Waals surface area contributed by atoms with Gasteiger partial charge in [0, 0.05) is 28.8 Å². The van der Waals surface area contributed by atoms with E-state index < -0.39 is 0 Å². The zero-order valence-corrected chi connectivity index (χ0v) is 13.4. The largest absolute Gasteiger partial charge is 0.371 e. The number of hydrogen-bond acceptors (Lipinski definition) is 2. The van der Waals surface area contributed by atoms with Gasteiger partial charge in [0.1, 0.15) is 0 Å². The van der Waals surface area contributed by atoms with Gasteiger partial charge in [-0.2, -0.15) is 0 Å². The standard InChI is InChI=1S/C16H22BrNO/c1-3-4-13-7-9-18(10-8-13)16-6-5-14(17)11-15(16)12(2)19/h5-6,11,13H,3-4,7-10H2,1-2H3. The lowest BCUT2D eigenvalue weighted by atomic mass is 9.92. The molecule has 1 aromatic carbocycles. The second-order valence-electron chi connectivity index (χ2n) is 5.44. The smallest absolute Gasteiger partial charge is 0.161 e. The van der Waals surface area contributed by atoms with Gasteiger partial charge in [-0.1, -0.05) is 35.7 Å². The Morgan fingerprint density at radius 3 is 2.63 bits per heavy atom. The Kier molecular flexibility index (Phi) is 5.03. The second kappa shape index (κ2) is 6.56. The molecule has 0 aliphatic carbocycles. The van der Waals surface area contributed by atoms with Gasteiger partial charge in [-0.3, -0.25) is 4.79 Å². The zero-order valence-electron chi connectivity index (χ0n) is 11.8. The minimum absolute atomic E-state index is 0.145. The summed E-state index contributed by atoms with van der Waals surface area (Å²) in [4.78, 5) is 14.2. The van der Waals surface area contributed by atoms with Crippen LogP contribution in [0, 0.1) is 5.92 Å². The van der Waals surface area contributed by atoms with Crippen LogP contribution in [-0.4, -0.2) is 18.9 Å². The fraction of sp³-hybridized carbons (Fsp3) is 0.562. The van der Waals surface area contributed by atoms with Gasteiger partial charge >= 0.3 is 0 Å². The average Bonchev–Trinajstić information content (AvgIpc) is 2.40. The van der Waals surface area contributed by atoms with E-state index in [9.17, 15) is 4.79 Å². The molecule has 0 amide bonds. The molecule has 1 aliphatic rings. The van der Waals surface area contributed by atoms with E-state index >= 15 is 0 Å². The number of Topliss-reactive ketones (excluding diaryl/α,β-unsaturated/α-hetero) is 1. The van der Waals surface area contributed by atoms with Crippen molar-refractivity contribution in [3.63, 3.8) is 0 Å². The van der Waals surface area contributed by atoms with Crippen LogP contribution < -0.4 is 4.90 Å². The number of anilines is 1. The first kappa shape index (κ1) is 14.6. The molecule has 19 heavy (non-hydrogen) atoms. The van der Waals surface area contributed by atoms with Crippen LogP contribution in [0.2, 0.25) is 0 Å². The highest BCUT2D eigenvalue weighted by Gasteiger charge is 2.21. The predicted octanol–water partition coefficient (Wildman–Crippen LogP) is 4.67. The Morgan fingerprint density at radius 2 is 2.05 bits per heavy atom. The summed E-state index contributed by atoms with van der Waals surface area (Å²) in [6.45, 7) is 6.06. The third-order valence-corrected chi connectivity index (χ3v) is 4.48. The van der Waals surface area contributed by atoms with Crippen LogP contribution in [-0.2, 0) is 0 Å². The maximum atomic E-state index is 11.8. The molecule has 0 bridgehead atoms. The van der Waals surface area contributed by atoms with Crippen LogP contribution in [0.25, 0.3) is 0 Å². The fourth-order valence-corrected chi connectivity index (χ4v) is 3.30. The monoisotopic (exact) mass is 323 g/mol. The molecule has 0 N–H and O–H groups in total. The number of halogens is 1. The zero-order chi connectivity index (χ0) is 13.8. The minimum Gasteiger partial charge on any atom is -0.371 e. The van der Waals surface area contributed by atoms with Gasteiger partial charge in [-0.15, -0.1) is 0 Å². The number of hydrogen-bond donors (Lipinski definition) is 0. The van der Waals surface area contributed by atoms with Gasteiger partial charge in [-0.25, -0.2) is 0 Å². The Balaban J connectivity index is 2.13. The maximum absolute atomic E-state index is 11.8. The van der Waals surface area contributed by atoms with Crippen LogP contribution in [0.15, 0.2) is 22.7 Å². The van der Waals surface area contributed by atoms with Crippen molar-refractivity contribution in [2.75, 3.05) is 18.0 Å². The SMILES string of the molecule is CCCC1CCN(c2ccc(Br)cc2C(C)=O)CC1. The van der Waals surface area contributed by atoms with E-state index in [0.717, 1.165) is 34.7 Å². The first-order valence-corrected chi connectivity index (χ1v) is 7.96. The van der Waals surface area contributed by atoms with Crippen molar-refractivity contribution < 1.29 is 4.79 Å². The summed E-state index contributed by atoms with van der Waals surface area (Å²) in [5, 5.41) is 0. The Labute approximate surface area is 124 Å². The molecular weight excluding hydrogens is 302 g/mol. The van der Waals surface area contributed by atoms with Crippen LogP contribution in [0.4, 0.5) is 5.69 Å². The Bertz CT molecular complexity index is 450. The summed E-state index contributed by atoms with van der Waals surface area (Å²) < 4.78 is 0.974. The Hall–Kier alpha value is -0.830. The number of nitrogens with zero attached hydrogens (tertiary/aromatic N) is 1. The van der Waals surface area contributed by atoms with Crippen LogP contribution in [0.1, 0.15) is 49.9 Å². The quantitative estimate of drug-likeness (QED) is 0.750. The van der Waals surface area contributed by atoms with E-state index in [1.807, 2.05) is 12.1 Å². The van der Waals surface area contributed by atoms with Gasteiger partial charge < -0.3 is 4.90 Å². The molecule has 1 saturated heterocycles. The molecule has 2 rings (SSSR count). The molecular formula is C16H22BrNO. The highest BCUT2D eigenvalue weighted by molar-refractivity contribution is 9.10. The number of rotatable bonds is 4. The summed E-state index contributed by atoms with van der Waals surface area (Å²) in [6.07, 6.45) is 5.12. The van der Waals surface area contributed by atoms with Crippen LogP contribution in [0.3, 0.4) is 0 Å². The van der Waals surface area contributed by atoms with Gasteiger partial charge in [0.2, 0.25) is 0 Å². The topological polar surface area (TPSA) is 20.3 Å². The number of piperidine rings is 1. The Morgan fingerprint density at radius 1 is 1.37 bits per heavy atom. The lowest BCUT2D eigenvalue weighted by Gasteiger charge is -2.34. The van der Waals surface area contributed by atoms with Crippen LogP contribution in [0.5, 0.6) is 0 Å². The lowest BCUT2D eigenvalue weighted by Crippen LogP contribution is -2.34. The molecule has 0 saturated carbocycles. The summed E-state index contributed by atoms with van der Waals surface area (Å²) in [5.41, 5.74) is 1.94. The van der Waals surface area contributed by atoms with Crippen molar-refractivity contribution in [2.24, 2.45) is 5.92 Å². The summed E-state index contributed by atoms with van der Waals surface area (Å²) >= 11 is 3.45. The summed E-state index contributed by atoms with van der Waals surface area (Å²) in [5.74, 6) is 1.02. The molecule has 0 aromatic heterocycles. The highest BCUT2D eigenvalue weighted by atomic mass is 79.9. The fourth-order valence-electron chi connectivity index (χ4n) is 2.94. The van der Waals surface area contributed by atoms with Crippen molar-refractivity contribution in [3.8, 4) is 0 Å². The molecule has 0 radical (unpaired) electrons. The number of carbonyl (C=O) groups is 1. The molecule has 2 nitrogen and oxygen atoms in total. The van der Waals surface area contributed by atoms with E-state index in [1.54, 1.807) is 6.92 Å². The second-order valence-corrected chi connectivity index (χ2v) is 6.35. The molecule has 3 heteroatoms. The number of benzene rings is 1. The minimum atomic E-state index is 0.145. The average molecular weight is 324 g/mol. The van der Waals surface area contributed by atoms with Crippen molar-refractivity contribution >= 4 is 27.4 Å². The van der Waals surface area contributed by atoms with Crippen LogP contribution >= 0.6 is 15.9 Å². The first-order valence-electron chi connectivity index (χ1n) is 7.17. The summed E-state index contributed by atoms with van der Waals surface area (Å²) in [7, 11) is 0. The third-order valence-electron chi connectivity index (χ3n) is 3.99. The van der Waals surface area contributed by atoms with Crippen molar-refractivity contribution in [1.82, 2.24) is 0 Å². The number of carbonyl (C=O) groups excluding carboxylic acids is 1. The van der Waals surface area contributed by atoms with E-state index in [-0.39, 0.29) is 5.78 Å². The van der Waals surface area contributed by atoms with Crippen molar-refractivity contribution in [3.05, 3.63) is 28.2 Å². The van der Waals surface area contributed by atoms with Crippen molar-refractivity contribution in [2.45, 2.75) is 39.5 Å². The molecule has 1 heterocycles. The highest BCUT2D eigenvalue weighted by Crippen LogP contribution is 2.30. The summed E-state index contributed by atoms with van der Waals surface area (Å²) in [6, 6.07) is 6.04. The molecule has 104 valence electrons. The molecule has 0 spiro atoms. The van der Waals surface area contributed by atoms with E-state index in [4.69, 9.17) is 0 Å². The molecule has 0 atom stereocenters. The van der Waals surface area contributed by atoms with Crippen molar-refractivity contribution in [1.29, 1.82) is 0 Å². The van der Waals surface area contributed by atoms with E-state index in [0.29, 0.717) is 0 Å².